The number of carboxylic acid groups (broad SMARTS) is 1. The van der Waals surface area contributed by atoms with Crippen LogP contribution in [0.4, 0.5) is 0 Å². The van der Waals surface area contributed by atoms with Gasteiger partial charge in [0.2, 0.25) is 0 Å². The van der Waals surface area contributed by atoms with Crippen molar-refractivity contribution in [3.05, 3.63) is 12.2 Å². The van der Waals surface area contributed by atoms with Gasteiger partial charge < -0.3 is 5.11 Å². The van der Waals surface area contributed by atoms with Crippen LogP contribution in [0.2, 0.25) is 0 Å². The second kappa shape index (κ2) is 5.52. The van der Waals surface area contributed by atoms with Crippen molar-refractivity contribution in [3.8, 4) is 0 Å². The summed E-state index contributed by atoms with van der Waals surface area (Å²) in [6, 6.07) is 0. The van der Waals surface area contributed by atoms with Crippen molar-refractivity contribution in [2.75, 3.05) is 0 Å². The van der Waals surface area contributed by atoms with Crippen molar-refractivity contribution in [1.82, 2.24) is 0 Å². The number of hydrogen-bond donors (Lipinski definition) is 1. The van der Waals surface area contributed by atoms with Gasteiger partial charge in [-0.1, -0.05) is 19.4 Å². The molecule has 0 aliphatic carbocycles. The van der Waals surface area contributed by atoms with Crippen LogP contribution in [-0.4, -0.2) is 16.9 Å². The first kappa shape index (κ1) is 10.9. The molecular weight excluding hydrogens is 156 g/mol. The van der Waals surface area contributed by atoms with E-state index in [-0.39, 0.29) is 5.78 Å². The van der Waals surface area contributed by atoms with Crippen LogP contribution in [-0.2, 0) is 9.59 Å². The number of ketones is 1. The minimum absolute atomic E-state index is 0.313. The molecule has 1 N–H and O–H groups in total. The summed E-state index contributed by atoms with van der Waals surface area (Å²) >= 11 is 0. The van der Waals surface area contributed by atoms with Gasteiger partial charge in [0.1, 0.15) is 5.92 Å². The Bertz CT molecular complexity index is 194. The highest BCUT2D eigenvalue weighted by atomic mass is 16.4. The van der Waals surface area contributed by atoms with Crippen LogP contribution in [0.15, 0.2) is 12.2 Å². The van der Waals surface area contributed by atoms with Crippen molar-refractivity contribution in [2.24, 2.45) is 5.92 Å². The second-order valence-electron chi connectivity index (χ2n) is 2.58. The lowest BCUT2D eigenvalue weighted by molar-refractivity contribution is -0.145. The monoisotopic (exact) mass is 170 g/mol. The van der Waals surface area contributed by atoms with Crippen molar-refractivity contribution in [1.29, 1.82) is 0 Å². The highest BCUT2D eigenvalue weighted by Crippen LogP contribution is 2.08. The first-order chi connectivity index (χ1) is 5.63. The summed E-state index contributed by atoms with van der Waals surface area (Å²) < 4.78 is 0. The number of allylic oxidation sites excluding steroid dienone is 2. The Kier molecular flexibility index (Phi) is 5.00. The van der Waals surface area contributed by atoms with Gasteiger partial charge in [0.05, 0.1) is 0 Å². The fourth-order valence-electron chi connectivity index (χ4n) is 0.957. The third-order valence-electron chi connectivity index (χ3n) is 1.55. The Balaban J connectivity index is 4.29. The van der Waals surface area contributed by atoms with E-state index in [2.05, 4.69) is 0 Å². The minimum Gasteiger partial charge on any atom is -0.481 e. The summed E-state index contributed by atoms with van der Waals surface area (Å²) in [6.45, 7) is 3.56. The quantitative estimate of drug-likeness (QED) is 0.504. The van der Waals surface area contributed by atoms with Gasteiger partial charge in [0, 0.05) is 0 Å². The Morgan fingerprint density at radius 3 is 2.42 bits per heavy atom. The maximum atomic E-state index is 11.1. The molecule has 0 aromatic rings. The Morgan fingerprint density at radius 1 is 1.50 bits per heavy atom. The molecule has 0 aliphatic rings. The molecule has 1 atom stereocenters. The van der Waals surface area contributed by atoms with E-state index in [0.29, 0.717) is 12.8 Å². The molecule has 0 saturated heterocycles. The van der Waals surface area contributed by atoms with Gasteiger partial charge in [-0.25, -0.2) is 0 Å². The predicted molar refractivity (Wildman–Crippen MR) is 45.9 cm³/mol. The first-order valence-corrected chi connectivity index (χ1v) is 4.02. The van der Waals surface area contributed by atoms with E-state index in [0.717, 1.165) is 0 Å². The zero-order chi connectivity index (χ0) is 9.56. The molecule has 0 spiro atoms. The molecule has 0 saturated carbocycles. The number of rotatable bonds is 5. The van der Waals surface area contributed by atoms with Gasteiger partial charge in [0.25, 0.3) is 0 Å². The summed E-state index contributed by atoms with van der Waals surface area (Å²) in [5, 5.41) is 8.65. The number of carbonyl (C=O) groups excluding carboxylic acids is 1. The SMILES string of the molecule is CC=CC(=O)C(CCC)C(=O)O. The maximum absolute atomic E-state index is 11.1. The summed E-state index contributed by atoms with van der Waals surface area (Å²) in [6.07, 6.45) is 4.00. The molecule has 0 aromatic heterocycles. The fraction of sp³-hybridized carbons (Fsp3) is 0.556. The summed E-state index contributed by atoms with van der Waals surface area (Å²) in [5.74, 6) is -2.20. The van der Waals surface area contributed by atoms with Crippen LogP contribution in [0.25, 0.3) is 0 Å². The first-order valence-electron chi connectivity index (χ1n) is 4.02. The van der Waals surface area contributed by atoms with Gasteiger partial charge in [-0.2, -0.15) is 0 Å². The largest absolute Gasteiger partial charge is 0.481 e. The van der Waals surface area contributed by atoms with Crippen LogP contribution in [0.3, 0.4) is 0 Å². The maximum Gasteiger partial charge on any atom is 0.314 e. The molecule has 0 radical (unpaired) electrons. The molecule has 68 valence electrons. The van der Waals surface area contributed by atoms with Gasteiger partial charge in [-0.15, -0.1) is 0 Å². The molecule has 0 fully saturated rings. The molecule has 3 heteroatoms. The van der Waals surface area contributed by atoms with E-state index < -0.39 is 11.9 Å². The zero-order valence-electron chi connectivity index (χ0n) is 7.41. The molecule has 0 aliphatic heterocycles. The average Bonchev–Trinajstić information content (AvgIpc) is 1.99. The number of aliphatic carboxylic acids is 1. The lowest BCUT2D eigenvalue weighted by atomic mass is 9.99. The lowest BCUT2D eigenvalue weighted by Crippen LogP contribution is -2.21. The Morgan fingerprint density at radius 2 is 2.08 bits per heavy atom. The minimum atomic E-state index is -1.03. The molecule has 0 heterocycles. The molecule has 3 nitrogen and oxygen atoms in total. The van der Waals surface area contributed by atoms with Crippen LogP contribution >= 0.6 is 0 Å². The van der Waals surface area contributed by atoms with Crippen molar-refractivity contribution in [3.63, 3.8) is 0 Å². The molecule has 0 aromatic carbocycles. The molecule has 0 bridgehead atoms. The number of carbonyl (C=O) groups is 2. The highest BCUT2D eigenvalue weighted by molar-refractivity contribution is 6.04. The van der Waals surface area contributed by atoms with E-state index in [1.54, 1.807) is 13.0 Å². The van der Waals surface area contributed by atoms with Gasteiger partial charge in [0.15, 0.2) is 5.78 Å². The van der Waals surface area contributed by atoms with Crippen molar-refractivity contribution >= 4 is 11.8 Å². The Labute approximate surface area is 72.1 Å². The molecule has 0 amide bonds. The third-order valence-corrected chi connectivity index (χ3v) is 1.55. The van der Waals surface area contributed by atoms with Crippen molar-refractivity contribution < 1.29 is 14.7 Å². The van der Waals surface area contributed by atoms with E-state index in [1.807, 2.05) is 6.92 Å². The normalized spacial score (nSPS) is 13.2. The molecule has 12 heavy (non-hydrogen) atoms. The zero-order valence-corrected chi connectivity index (χ0v) is 7.41. The van der Waals surface area contributed by atoms with Gasteiger partial charge >= 0.3 is 5.97 Å². The highest BCUT2D eigenvalue weighted by Gasteiger charge is 2.22. The average molecular weight is 170 g/mol. The standard InChI is InChI=1S/C9H14O3/c1-3-5-7(9(11)12)8(10)6-4-2/h4,6-7H,3,5H2,1-2H3,(H,11,12). The number of hydrogen-bond acceptors (Lipinski definition) is 2. The van der Waals surface area contributed by atoms with E-state index in [1.165, 1.54) is 6.08 Å². The molecular formula is C9H14O3. The second-order valence-corrected chi connectivity index (χ2v) is 2.58. The smallest absolute Gasteiger partial charge is 0.314 e. The molecule has 1 unspecified atom stereocenters. The van der Waals surface area contributed by atoms with Crippen LogP contribution in [0.5, 0.6) is 0 Å². The van der Waals surface area contributed by atoms with E-state index in [9.17, 15) is 9.59 Å². The van der Waals surface area contributed by atoms with E-state index >= 15 is 0 Å². The molecule has 0 rings (SSSR count). The van der Waals surface area contributed by atoms with Crippen molar-refractivity contribution in [2.45, 2.75) is 26.7 Å². The van der Waals surface area contributed by atoms with Crippen LogP contribution < -0.4 is 0 Å². The lowest BCUT2D eigenvalue weighted by Gasteiger charge is -2.05. The topological polar surface area (TPSA) is 54.4 Å². The van der Waals surface area contributed by atoms with E-state index in [4.69, 9.17) is 5.11 Å². The summed E-state index contributed by atoms with van der Waals surface area (Å²) in [4.78, 5) is 21.7. The van der Waals surface area contributed by atoms with Gasteiger partial charge in [-0.05, 0) is 19.4 Å². The Hall–Kier alpha value is -1.12. The number of carboxylic acids is 1. The van der Waals surface area contributed by atoms with Crippen LogP contribution in [0, 0.1) is 5.92 Å². The van der Waals surface area contributed by atoms with Gasteiger partial charge in [-0.3, -0.25) is 9.59 Å². The fourth-order valence-corrected chi connectivity index (χ4v) is 0.957. The predicted octanol–water partition coefficient (Wildman–Crippen LogP) is 1.63. The summed E-state index contributed by atoms with van der Waals surface area (Å²) in [5.41, 5.74) is 0. The third kappa shape index (κ3) is 3.32. The summed E-state index contributed by atoms with van der Waals surface area (Å²) in [7, 11) is 0. The van der Waals surface area contributed by atoms with Crippen LogP contribution in [0.1, 0.15) is 26.7 Å².